The van der Waals surface area contributed by atoms with Crippen molar-refractivity contribution in [3.05, 3.63) is 29.3 Å². The van der Waals surface area contributed by atoms with Crippen LogP contribution in [0, 0.1) is 0 Å². The summed E-state index contributed by atoms with van der Waals surface area (Å²) in [6.07, 6.45) is 2.57. The molecule has 0 heterocycles. The number of primary amides is 1. The first-order chi connectivity index (χ1) is 9.41. The Labute approximate surface area is 129 Å². The second-order valence-corrected chi connectivity index (χ2v) is 7.50. The normalized spacial score (nSPS) is 26.1. The lowest BCUT2D eigenvalue weighted by Gasteiger charge is -2.29. The van der Waals surface area contributed by atoms with Crippen LogP contribution < -0.4 is 11.1 Å². The Morgan fingerprint density at radius 1 is 1.55 bits per heavy atom. The molecule has 1 saturated carbocycles. The van der Waals surface area contributed by atoms with Gasteiger partial charge in [0.2, 0.25) is 5.91 Å². The van der Waals surface area contributed by atoms with Gasteiger partial charge in [-0.3, -0.25) is 4.79 Å². The van der Waals surface area contributed by atoms with E-state index in [1.54, 1.807) is 11.8 Å². The van der Waals surface area contributed by atoms with E-state index < -0.39 is 5.54 Å². The summed E-state index contributed by atoms with van der Waals surface area (Å²) in [5.74, 6) is -0.236. The van der Waals surface area contributed by atoms with E-state index in [9.17, 15) is 4.79 Å². The van der Waals surface area contributed by atoms with E-state index in [1.165, 1.54) is 0 Å². The monoisotopic (exact) mass is 312 g/mol. The van der Waals surface area contributed by atoms with Crippen molar-refractivity contribution < 1.29 is 4.79 Å². The number of hydrogen-bond acceptors (Lipinski definition) is 3. The molecule has 2 atom stereocenters. The van der Waals surface area contributed by atoms with Crippen molar-refractivity contribution in [2.45, 2.75) is 54.8 Å². The number of nitrogens with one attached hydrogen (secondary N) is 1. The smallest absolute Gasteiger partial charge is 0.237 e. The summed E-state index contributed by atoms with van der Waals surface area (Å²) in [5, 5.41) is 4.51. The van der Waals surface area contributed by atoms with Gasteiger partial charge in [0.15, 0.2) is 0 Å². The molecule has 20 heavy (non-hydrogen) atoms. The summed E-state index contributed by atoms with van der Waals surface area (Å²) in [5.41, 5.74) is 5.08. The molecular formula is C15H21ClN2OS. The number of benzene rings is 1. The lowest BCUT2D eigenvalue weighted by Crippen LogP contribution is -2.56. The van der Waals surface area contributed by atoms with E-state index in [0.717, 1.165) is 29.2 Å². The highest BCUT2D eigenvalue weighted by Crippen LogP contribution is 2.40. The van der Waals surface area contributed by atoms with E-state index in [2.05, 4.69) is 11.4 Å². The Morgan fingerprint density at radius 2 is 2.30 bits per heavy atom. The van der Waals surface area contributed by atoms with Gasteiger partial charge >= 0.3 is 0 Å². The molecule has 0 radical (unpaired) electrons. The minimum absolute atomic E-state index is 0.236. The average Bonchev–Trinajstić information content (AvgIpc) is 2.72. The van der Waals surface area contributed by atoms with Crippen LogP contribution >= 0.6 is 23.4 Å². The molecule has 1 aliphatic rings. The SMILES string of the molecule is CC(C)NC1(C(N)=O)CCC(Sc2cccc(Cl)c2)C1. The van der Waals surface area contributed by atoms with Crippen LogP contribution in [0.4, 0.5) is 0 Å². The Kier molecular flexibility index (Phi) is 4.99. The van der Waals surface area contributed by atoms with E-state index in [1.807, 2.05) is 32.0 Å². The van der Waals surface area contributed by atoms with E-state index in [4.69, 9.17) is 17.3 Å². The van der Waals surface area contributed by atoms with Crippen molar-refractivity contribution in [2.24, 2.45) is 5.73 Å². The Balaban J connectivity index is 2.05. The number of halogens is 1. The van der Waals surface area contributed by atoms with Crippen LogP contribution in [0.2, 0.25) is 5.02 Å². The molecule has 1 fully saturated rings. The predicted octanol–water partition coefficient (Wildman–Crippen LogP) is 3.21. The Hall–Kier alpha value is -0.710. The summed E-state index contributed by atoms with van der Waals surface area (Å²) in [6, 6.07) is 8.09. The second kappa shape index (κ2) is 6.37. The third-order valence-electron chi connectivity index (χ3n) is 3.60. The van der Waals surface area contributed by atoms with Crippen LogP contribution in [0.1, 0.15) is 33.1 Å². The van der Waals surface area contributed by atoms with Gasteiger partial charge in [-0.25, -0.2) is 0 Å². The first kappa shape index (κ1) is 15.7. The highest BCUT2D eigenvalue weighted by molar-refractivity contribution is 8.00. The predicted molar refractivity (Wildman–Crippen MR) is 85.1 cm³/mol. The molecule has 0 bridgehead atoms. The topological polar surface area (TPSA) is 55.1 Å². The summed E-state index contributed by atoms with van der Waals surface area (Å²) < 4.78 is 0. The standard InChI is InChI=1S/C15H21ClN2OS/c1-10(2)18-15(14(17)19)7-6-13(9-15)20-12-5-3-4-11(16)8-12/h3-5,8,10,13,18H,6-7,9H2,1-2H3,(H2,17,19). The minimum Gasteiger partial charge on any atom is -0.368 e. The number of carbonyl (C=O) groups is 1. The number of hydrogen-bond donors (Lipinski definition) is 2. The third kappa shape index (κ3) is 3.68. The fourth-order valence-corrected chi connectivity index (χ4v) is 4.41. The summed E-state index contributed by atoms with van der Waals surface area (Å²) in [4.78, 5) is 13.0. The first-order valence-electron chi connectivity index (χ1n) is 6.91. The van der Waals surface area contributed by atoms with Gasteiger partial charge in [-0.1, -0.05) is 17.7 Å². The molecule has 3 nitrogen and oxygen atoms in total. The Bertz CT molecular complexity index is 495. The van der Waals surface area contributed by atoms with Crippen molar-refractivity contribution in [1.82, 2.24) is 5.32 Å². The quantitative estimate of drug-likeness (QED) is 0.878. The fraction of sp³-hybridized carbons (Fsp3) is 0.533. The fourth-order valence-electron chi connectivity index (χ4n) is 2.81. The van der Waals surface area contributed by atoms with Crippen LogP contribution in [0.5, 0.6) is 0 Å². The van der Waals surface area contributed by atoms with Gasteiger partial charge in [-0.05, 0) is 51.3 Å². The minimum atomic E-state index is -0.551. The first-order valence-corrected chi connectivity index (χ1v) is 8.17. The zero-order valence-corrected chi connectivity index (χ0v) is 13.4. The molecule has 1 aliphatic carbocycles. The average molecular weight is 313 g/mol. The van der Waals surface area contributed by atoms with Gasteiger partial charge in [0.25, 0.3) is 0 Å². The molecule has 0 spiro atoms. The van der Waals surface area contributed by atoms with Gasteiger partial charge in [0.05, 0.1) is 5.54 Å². The van der Waals surface area contributed by atoms with E-state index in [0.29, 0.717) is 5.25 Å². The number of nitrogens with two attached hydrogens (primary N) is 1. The summed E-state index contributed by atoms with van der Waals surface area (Å²) in [6.45, 7) is 4.09. The molecule has 110 valence electrons. The summed E-state index contributed by atoms with van der Waals surface area (Å²) in [7, 11) is 0. The molecular weight excluding hydrogens is 292 g/mol. The highest BCUT2D eigenvalue weighted by atomic mass is 35.5. The van der Waals surface area contributed by atoms with Gasteiger partial charge in [0, 0.05) is 21.2 Å². The maximum Gasteiger partial charge on any atom is 0.237 e. The molecule has 2 rings (SSSR count). The van der Waals surface area contributed by atoms with E-state index >= 15 is 0 Å². The lowest BCUT2D eigenvalue weighted by molar-refractivity contribution is -0.124. The van der Waals surface area contributed by atoms with Crippen LogP contribution in [0.25, 0.3) is 0 Å². The lowest BCUT2D eigenvalue weighted by atomic mass is 9.96. The molecule has 0 aliphatic heterocycles. The third-order valence-corrected chi connectivity index (χ3v) is 5.10. The molecule has 0 aromatic heterocycles. The van der Waals surface area contributed by atoms with Crippen molar-refractivity contribution >= 4 is 29.3 Å². The highest BCUT2D eigenvalue weighted by Gasteiger charge is 2.44. The second-order valence-electron chi connectivity index (χ2n) is 5.69. The van der Waals surface area contributed by atoms with Crippen molar-refractivity contribution in [3.63, 3.8) is 0 Å². The zero-order chi connectivity index (χ0) is 14.8. The molecule has 2 unspecified atom stereocenters. The number of rotatable bonds is 5. The summed E-state index contributed by atoms with van der Waals surface area (Å²) >= 11 is 7.79. The number of carbonyl (C=O) groups excluding carboxylic acids is 1. The van der Waals surface area contributed by atoms with Crippen LogP contribution in [-0.4, -0.2) is 22.7 Å². The molecule has 1 aromatic carbocycles. The zero-order valence-electron chi connectivity index (χ0n) is 11.9. The largest absolute Gasteiger partial charge is 0.368 e. The van der Waals surface area contributed by atoms with Crippen LogP contribution in [-0.2, 0) is 4.79 Å². The van der Waals surface area contributed by atoms with E-state index in [-0.39, 0.29) is 11.9 Å². The maximum atomic E-state index is 11.8. The van der Waals surface area contributed by atoms with Crippen LogP contribution in [0.15, 0.2) is 29.2 Å². The van der Waals surface area contributed by atoms with Gasteiger partial charge in [-0.2, -0.15) is 0 Å². The van der Waals surface area contributed by atoms with Gasteiger partial charge in [0.1, 0.15) is 0 Å². The van der Waals surface area contributed by atoms with Gasteiger partial charge < -0.3 is 11.1 Å². The molecule has 0 saturated heterocycles. The Morgan fingerprint density at radius 3 is 2.90 bits per heavy atom. The van der Waals surface area contributed by atoms with Crippen LogP contribution in [0.3, 0.4) is 0 Å². The van der Waals surface area contributed by atoms with Crippen molar-refractivity contribution in [3.8, 4) is 0 Å². The van der Waals surface area contributed by atoms with Crippen molar-refractivity contribution in [2.75, 3.05) is 0 Å². The molecule has 1 aromatic rings. The van der Waals surface area contributed by atoms with Gasteiger partial charge in [-0.15, -0.1) is 11.8 Å². The number of amides is 1. The molecule has 3 N–H and O–H groups in total. The molecule has 1 amide bonds. The maximum absolute atomic E-state index is 11.8. The molecule has 5 heteroatoms. The number of thioether (sulfide) groups is 1. The van der Waals surface area contributed by atoms with Crippen molar-refractivity contribution in [1.29, 1.82) is 0 Å².